The van der Waals surface area contributed by atoms with E-state index in [9.17, 15) is 0 Å². The van der Waals surface area contributed by atoms with Crippen LogP contribution in [0, 0.1) is 27.7 Å². The van der Waals surface area contributed by atoms with E-state index in [1.165, 1.54) is 182 Å². The van der Waals surface area contributed by atoms with E-state index >= 15 is 0 Å². The van der Waals surface area contributed by atoms with Gasteiger partial charge < -0.3 is 0 Å². The molecular formula is C66H48S12. The Labute approximate surface area is 501 Å². The number of aryl methyl sites for hydroxylation is 4. The van der Waals surface area contributed by atoms with Gasteiger partial charge >= 0.3 is 0 Å². The van der Waals surface area contributed by atoms with Gasteiger partial charge in [-0.15, -0.1) is 136 Å². The molecule has 78 heavy (non-hydrogen) atoms. The Bertz CT molecular complexity index is 4470. The number of rotatable bonds is 4. The summed E-state index contributed by atoms with van der Waals surface area (Å²) in [4.78, 5) is 22.9. The zero-order valence-corrected chi connectivity index (χ0v) is 54.1. The van der Waals surface area contributed by atoms with Gasteiger partial charge in [0.2, 0.25) is 0 Å². The molecule has 0 bridgehead atoms. The lowest BCUT2D eigenvalue weighted by Gasteiger charge is -2.24. The van der Waals surface area contributed by atoms with E-state index in [1.807, 2.05) is 136 Å². The highest BCUT2D eigenvalue weighted by molar-refractivity contribution is 7.34. The van der Waals surface area contributed by atoms with Gasteiger partial charge in [0.1, 0.15) is 0 Å². The Morgan fingerprint density at radius 2 is 0.538 bits per heavy atom. The Balaban J connectivity index is 0.000000126. The first-order chi connectivity index (χ1) is 37.5. The average Bonchev–Trinajstić information content (AvgIpc) is 2.77. The third kappa shape index (κ3) is 6.95. The second-order valence-electron chi connectivity index (χ2n) is 22.9. The number of thiophene rings is 12. The first kappa shape index (κ1) is 48.6. The minimum atomic E-state index is 0.00261. The normalized spacial score (nSPS) is 16.8. The van der Waals surface area contributed by atoms with Gasteiger partial charge in [-0.25, -0.2) is 0 Å². The molecule has 12 heteroatoms. The minimum absolute atomic E-state index is 0.00261. The van der Waals surface area contributed by atoms with Crippen LogP contribution in [0.2, 0.25) is 0 Å². The van der Waals surface area contributed by atoms with Crippen LogP contribution in [0.1, 0.15) is 117 Å². The molecule has 4 aliphatic carbocycles. The molecule has 0 N–H and O–H groups in total. The van der Waals surface area contributed by atoms with Crippen molar-refractivity contribution in [3.8, 4) is 80.8 Å². The summed E-state index contributed by atoms with van der Waals surface area (Å²) in [5.41, 5.74) is 17.9. The van der Waals surface area contributed by atoms with Crippen molar-refractivity contribution < 1.29 is 0 Å². The largest absolute Gasteiger partial charge is 0.140 e. The van der Waals surface area contributed by atoms with Gasteiger partial charge in [-0.05, 0) is 192 Å². The molecule has 0 saturated heterocycles. The fourth-order valence-corrected chi connectivity index (χ4v) is 28.0. The number of benzene rings is 2. The van der Waals surface area contributed by atoms with Gasteiger partial charge in [0, 0.05) is 138 Å². The molecule has 0 amide bonds. The maximum Gasteiger partial charge on any atom is 0.0463 e. The molecule has 2 unspecified atom stereocenters. The second-order valence-corrected chi connectivity index (χ2v) is 36.6. The summed E-state index contributed by atoms with van der Waals surface area (Å²) in [5, 5.41) is 0. The number of hydrogen-bond donors (Lipinski definition) is 0. The molecule has 2 atom stereocenters. The third-order valence-electron chi connectivity index (χ3n) is 17.2. The van der Waals surface area contributed by atoms with E-state index in [0.29, 0.717) is 11.8 Å². The summed E-state index contributed by atoms with van der Waals surface area (Å²) in [5.74, 6) is 0.898. The van der Waals surface area contributed by atoms with E-state index in [2.05, 4.69) is 166 Å². The van der Waals surface area contributed by atoms with E-state index in [-0.39, 0.29) is 10.8 Å². The maximum atomic E-state index is 2.56. The maximum absolute atomic E-state index is 2.56. The lowest BCUT2D eigenvalue weighted by atomic mass is 9.79. The Morgan fingerprint density at radius 1 is 0.256 bits per heavy atom. The molecule has 0 aliphatic heterocycles. The van der Waals surface area contributed by atoms with Crippen molar-refractivity contribution in [2.45, 2.75) is 91.9 Å². The minimum Gasteiger partial charge on any atom is -0.140 e. The third-order valence-corrected chi connectivity index (χ3v) is 31.5. The number of hydrogen-bond acceptors (Lipinski definition) is 12. The highest BCUT2D eigenvalue weighted by Crippen LogP contribution is 2.63. The van der Waals surface area contributed by atoms with Crippen molar-refractivity contribution in [2.75, 3.05) is 0 Å². The molecule has 14 aromatic rings. The van der Waals surface area contributed by atoms with Crippen molar-refractivity contribution in [1.82, 2.24) is 0 Å². The zero-order valence-electron chi connectivity index (χ0n) is 44.3. The van der Waals surface area contributed by atoms with E-state index in [0.717, 1.165) is 0 Å². The zero-order chi connectivity index (χ0) is 52.7. The topological polar surface area (TPSA) is 0 Å². The fraction of sp³-hybridized carbons (Fsp3) is 0.212. The van der Waals surface area contributed by atoms with Crippen LogP contribution >= 0.6 is 136 Å². The Kier molecular flexibility index (Phi) is 10.4. The molecule has 0 saturated carbocycles. The van der Waals surface area contributed by atoms with Gasteiger partial charge in [-0.2, -0.15) is 0 Å². The molecule has 4 aliphatic rings. The van der Waals surface area contributed by atoms with Crippen molar-refractivity contribution in [3.05, 3.63) is 161 Å². The lowest BCUT2D eigenvalue weighted by molar-refractivity contribution is 0.653. The van der Waals surface area contributed by atoms with Gasteiger partial charge in [-0.1, -0.05) is 41.5 Å². The Morgan fingerprint density at radius 3 is 0.859 bits per heavy atom. The molecule has 0 nitrogen and oxygen atoms in total. The van der Waals surface area contributed by atoms with Crippen LogP contribution < -0.4 is 0 Å². The first-order valence-electron chi connectivity index (χ1n) is 26.4. The van der Waals surface area contributed by atoms with Crippen molar-refractivity contribution in [2.24, 2.45) is 0 Å². The Hall–Kier alpha value is -4.12. The van der Waals surface area contributed by atoms with Crippen molar-refractivity contribution in [1.29, 1.82) is 0 Å². The average molecular weight is 1230 g/mol. The van der Waals surface area contributed by atoms with E-state index in [4.69, 9.17) is 0 Å². The van der Waals surface area contributed by atoms with Gasteiger partial charge in [0.25, 0.3) is 0 Å². The first-order valence-corrected chi connectivity index (χ1v) is 36.2. The quantitative estimate of drug-likeness (QED) is 0.165. The summed E-state index contributed by atoms with van der Waals surface area (Å²) in [7, 11) is 0. The molecule has 18 rings (SSSR count). The summed E-state index contributed by atoms with van der Waals surface area (Å²) in [6, 6.07) is 39.2. The molecule has 12 aromatic heterocycles. The van der Waals surface area contributed by atoms with E-state index < -0.39 is 0 Å². The summed E-state index contributed by atoms with van der Waals surface area (Å²) in [6.45, 7) is 23.4. The van der Waals surface area contributed by atoms with E-state index in [1.54, 1.807) is 0 Å². The predicted octanol–water partition coefficient (Wildman–Crippen LogP) is 25.5. The van der Waals surface area contributed by atoms with Gasteiger partial charge in [-0.3, -0.25) is 0 Å². The summed E-state index contributed by atoms with van der Waals surface area (Å²) < 4.78 is 11.4. The smallest absolute Gasteiger partial charge is 0.0463 e. The van der Waals surface area contributed by atoms with Crippen LogP contribution in [-0.2, 0) is 10.8 Å². The van der Waals surface area contributed by atoms with Crippen molar-refractivity contribution >= 4 is 174 Å². The van der Waals surface area contributed by atoms with Gasteiger partial charge in [0.05, 0.1) is 0 Å². The van der Waals surface area contributed by atoms with Crippen LogP contribution in [0.5, 0.6) is 0 Å². The summed E-state index contributed by atoms with van der Waals surface area (Å²) in [6.07, 6.45) is 0. The van der Waals surface area contributed by atoms with Crippen LogP contribution in [0.25, 0.3) is 118 Å². The highest BCUT2D eigenvalue weighted by atomic mass is 32.1. The molecular weight excluding hydrogens is 1180 g/mol. The monoisotopic (exact) mass is 1220 g/mol. The second kappa shape index (κ2) is 16.8. The molecule has 0 radical (unpaired) electrons. The SMILES string of the molecule is Cc1cc2sc(-c3cc4c(s3)-c3cc5c(cc3C4(C)C)-c3sc(-c4cc6sc(C)cc6s4)cc3C5(C)C)cc2s1.Cc1cc2sc(-c3cc4c(s3)-c3cc5c(cc3C4C)-c3sc(-c4cc6sc(C)cc6s4)cc3C5C)cc2s1. The highest BCUT2D eigenvalue weighted by Gasteiger charge is 2.44. The molecule has 384 valence electrons. The molecule has 0 fully saturated rings. The van der Waals surface area contributed by atoms with Gasteiger partial charge in [0.15, 0.2) is 0 Å². The molecule has 2 aromatic carbocycles. The van der Waals surface area contributed by atoms with Crippen LogP contribution in [-0.4, -0.2) is 0 Å². The van der Waals surface area contributed by atoms with Crippen molar-refractivity contribution in [3.63, 3.8) is 0 Å². The van der Waals surface area contributed by atoms with Crippen LogP contribution in [0.15, 0.2) is 97.1 Å². The molecule has 0 spiro atoms. The van der Waals surface area contributed by atoms with Crippen LogP contribution in [0.4, 0.5) is 0 Å². The van der Waals surface area contributed by atoms with Crippen LogP contribution in [0.3, 0.4) is 0 Å². The number of fused-ring (bicyclic) bond motifs is 16. The fourth-order valence-electron chi connectivity index (χ4n) is 13.2. The predicted molar refractivity (Wildman–Crippen MR) is 359 cm³/mol. The lowest BCUT2D eigenvalue weighted by Crippen LogP contribution is -2.16. The standard InChI is InChI=1S/C34H26S6.C32H22S6/c1-15-7-23-27(35-15)13-29(37-23)25-11-21-31(39-25)17-9-20-18(10-19(17)33(21,3)4)32-22(34(20,5)6)12-26(40-32)30-14-28-24(38-30)8-16(2)36-28;1-13-5-23-27(33-13)11-29(35-23)25-9-19-15(3)17-8-22-18(7-21(17)31(19)37-25)16(4)20-10-26(38-32(20)22)30-12-28-24(36-30)6-14(2)34-28/h7-14H,1-6H3;5-12,15-16H,1-4H3. The summed E-state index contributed by atoms with van der Waals surface area (Å²) >= 11 is 23.4. The molecule has 12 heterocycles.